The van der Waals surface area contributed by atoms with E-state index in [0.717, 1.165) is 42.7 Å². The Hall–Kier alpha value is -2.88. The van der Waals surface area contributed by atoms with Crippen LogP contribution in [-0.2, 0) is 0 Å². The number of hydrogen-bond donors (Lipinski definition) is 0. The minimum absolute atomic E-state index is 0.713. The zero-order valence-corrected chi connectivity index (χ0v) is 15.6. The Morgan fingerprint density at radius 2 is 1.70 bits per heavy atom. The van der Waals surface area contributed by atoms with Gasteiger partial charge in [0.2, 0.25) is 0 Å². The quantitative estimate of drug-likeness (QED) is 0.290. The summed E-state index contributed by atoms with van der Waals surface area (Å²) in [5.41, 5.74) is 3.71. The monoisotopic (exact) mass is 385 g/mol. The highest BCUT2D eigenvalue weighted by atomic mass is 35.5. The van der Waals surface area contributed by atoms with Crippen molar-refractivity contribution in [1.82, 2.24) is 4.98 Å². The molecule has 27 heavy (non-hydrogen) atoms. The van der Waals surface area contributed by atoms with Crippen molar-refractivity contribution in [3.63, 3.8) is 0 Å². The van der Waals surface area contributed by atoms with E-state index in [9.17, 15) is 0 Å². The van der Waals surface area contributed by atoms with Crippen LogP contribution in [-0.4, -0.2) is 4.98 Å². The maximum Gasteiger partial charge on any atom is 0.137 e. The highest BCUT2D eigenvalue weighted by molar-refractivity contribution is 7.21. The predicted molar refractivity (Wildman–Crippen MR) is 115 cm³/mol. The number of aromatic nitrogens is 1. The fourth-order valence-electron chi connectivity index (χ4n) is 3.65. The molecule has 0 bridgehead atoms. The molecule has 2 nitrogen and oxygen atoms in total. The van der Waals surface area contributed by atoms with Crippen LogP contribution in [0.1, 0.15) is 0 Å². The molecule has 0 aliphatic rings. The second-order valence-electron chi connectivity index (χ2n) is 6.61. The van der Waals surface area contributed by atoms with Gasteiger partial charge in [-0.05, 0) is 35.0 Å². The fourth-order valence-corrected chi connectivity index (χ4v) is 4.90. The maximum atomic E-state index is 6.41. The van der Waals surface area contributed by atoms with Gasteiger partial charge >= 0.3 is 0 Å². The smallest absolute Gasteiger partial charge is 0.137 e. The van der Waals surface area contributed by atoms with Crippen molar-refractivity contribution < 1.29 is 4.42 Å². The zero-order valence-electron chi connectivity index (χ0n) is 14.1. The van der Waals surface area contributed by atoms with Crippen molar-refractivity contribution in [2.45, 2.75) is 0 Å². The van der Waals surface area contributed by atoms with Crippen LogP contribution in [0.15, 0.2) is 77.2 Å². The van der Waals surface area contributed by atoms with Crippen LogP contribution in [0, 0.1) is 0 Å². The molecule has 0 saturated heterocycles. The summed E-state index contributed by atoms with van der Waals surface area (Å²) in [6.45, 7) is 0. The molecular weight excluding hydrogens is 374 g/mol. The van der Waals surface area contributed by atoms with Gasteiger partial charge in [-0.25, -0.2) is 4.98 Å². The summed E-state index contributed by atoms with van der Waals surface area (Å²) < 4.78 is 7.13. The fraction of sp³-hybridized carbons (Fsp3) is 0. The van der Waals surface area contributed by atoms with E-state index in [1.165, 1.54) is 10.8 Å². The Balaban J connectivity index is 1.59. The molecule has 0 saturated carbocycles. The van der Waals surface area contributed by atoms with Crippen LogP contribution in [0.5, 0.6) is 0 Å². The normalized spacial score (nSPS) is 11.9. The summed E-state index contributed by atoms with van der Waals surface area (Å²) in [6.07, 6.45) is 0. The van der Waals surface area contributed by atoms with E-state index in [1.807, 2.05) is 24.3 Å². The topological polar surface area (TPSA) is 26.0 Å². The standard InChI is InChI=1S/C23H12ClNOS/c24-17-6-3-7-19-22(17)16-11-21-18(12-20(16)26-19)25-23(27-21)15-9-8-13-4-1-2-5-14(13)10-15/h1-12H. The largest absolute Gasteiger partial charge is 0.456 e. The molecule has 2 heterocycles. The Labute approximate surface area is 163 Å². The summed E-state index contributed by atoms with van der Waals surface area (Å²) in [6, 6.07) is 24.8. The lowest BCUT2D eigenvalue weighted by atomic mass is 10.1. The zero-order chi connectivity index (χ0) is 18.0. The Kier molecular flexibility index (Phi) is 3.13. The van der Waals surface area contributed by atoms with Crippen molar-refractivity contribution in [3.05, 3.63) is 77.8 Å². The number of fused-ring (bicyclic) bond motifs is 5. The summed E-state index contributed by atoms with van der Waals surface area (Å²) in [5, 5.41) is 6.19. The van der Waals surface area contributed by atoms with Crippen LogP contribution in [0.3, 0.4) is 0 Å². The number of hydrogen-bond acceptors (Lipinski definition) is 3. The highest BCUT2D eigenvalue weighted by Crippen LogP contribution is 2.39. The second kappa shape index (κ2) is 5.56. The first kappa shape index (κ1) is 15.2. The van der Waals surface area contributed by atoms with E-state index in [4.69, 9.17) is 21.0 Å². The van der Waals surface area contributed by atoms with E-state index in [2.05, 4.69) is 48.5 Å². The maximum absolute atomic E-state index is 6.41. The number of rotatable bonds is 1. The van der Waals surface area contributed by atoms with Crippen LogP contribution < -0.4 is 0 Å². The molecule has 2 aromatic heterocycles. The summed E-state index contributed by atoms with van der Waals surface area (Å²) in [4.78, 5) is 4.86. The summed E-state index contributed by atoms with van der Waals surface area (Å²) in [5.74, 6) is 0. The number of furan rings is 1. The number of thiazole rings is 1. The molecule has 128 valence electrons. The summed E-state index contributed by atoms with van der Waals surface area (Å²) in [7, 11) is 0. The number of nitrogens with zero attached hydrogens (tertiary/aromatic N) is 1. The van der Waals surface area contributed by atoms with Crippen molar-refractivity contribution in [1.29, 1.82) is 0 Å². The van der Waals surface area contributed by atoms with Crippen molar-refractivity contribution >= 4 is 65.9 Å². The molecule has 0 N–H and O–H groups in total. The summed E-state index contributed by atoms with van der Waals surface area (Å²) >= 11 is 8.11. The molecule has 0 spiro atoms. The minimum Gasteiger partial charge on any atom is -0.456 e. The van der Waals surface area contributed by atoms with Crippen LogP contribution in [0.4, 0.5) is 0 Å². The molecule has 0 aliphatic heterocycles. The average Bonchev–Trinajstić information content (AvgIpc) is 3.26. The lowest BCUT2D eigenvalue weighted by Crippen LogP contribution is -1.77. The molecule has 0 fully saturated rings. The van der Waals surface area contributed by atoms with E-state index in [1.54, 1.807) is 11.3 Å². The third kappa shape index (κ3) is 2.29. The van der Waals surface area contributed by atoms with Crippen molar-refractivity contribution in [2.24, 2.45) is 0 Å². The van der Waals surface area contributed by atoms with Gasteiger partial charge in [-0.1, -0.05) is 54.1 Å². The van der Waals surface area contributed by atoms with Crippen molar-refractivity contribution in [3.8, 4) is 10.6 Å². The van der Waals surface area contributed by atoms with Gasteiger partial charge < -0.3 is 4.42 Å². The molecule has 6 aromatic rings. The molecule has 4 heteroatoms. The van der Waals surface area contributed by atoms with Gasteiger partial charge in [0.05, 0.1) is 15.2 Å². The van der Waals surface area contributed by atoms with Gasteiger partial charge in [-0.3, -0.25) is 0 Å². The van der Waals surface area contributed by atoms with E-state index < -0.39 is 0 Å². The van der Waals surface area contributed by atoms with Crippen LogP contribution in [0.25, 0.3) is 53.5 Å². The molecule has 0 atom stereocenters. The Bertz CT molecular complexity index is 1490. The molecule has 4 aromatic carbocycles. The van der Waals surface area contributed by atoms with Crippen LogP contribution >= 0.6 is 22.9 Å². The first-order valence-electron chi connectivity index (χ1n) is 8.67. The third-order valence-corrected chi connectivity index (χ3v) is 6.33. The van der Waals surface area contributed by atoms with E-state index in [-0.39, 0.29) is 0 Å². The van der Waals surface area contributed by atoms with E-state index >= 15 is 0 Å². The van der Waals surface area contributed by atoms with E-state index in [0.29, 0.717) is 5.02 Å². The SMILES string of the molecule is Clc1cccc2oc3cc4nc(-c5ccc6ccccc6c5)sc4cc3c12. The molecule has 6 rings (SSSR count). The lowest BCUT2D eigenvalue weighted by Gasteiger charge is -2.00. The third-order valence-electron chi connectivity index (χ3n) is 4.95. The molecular formula is C23H12ClNOS. The van der Waals surface area contributed by atoms with Gasteiger partial charge in [0, 0.05) is 22.4 Å². The predicted octanol–water partition coefficient (Wildman–Crippen LogP) is 7.67. The van der Waals surface area contributed by atoms with Gasteiger partial charge in [0.1, 0.15) is 16.2 Å². The molecule has 0 aliphatic carbocycles. The average molecular weight is 386 g/mol. The second-order valence-corrected chi connectivity index (χ2v) is 8.05. The molecule has 0 radical (unpaired) electrons. The first-order chi connectivity index (χ1) is 13.3. The lowest BCUT2D eigenvalue weighted by molar-refractivity contribution is 0.669. The Morgan fingerprint density at radius 1 is 0.815 bits per heavy atom. The van der Waals surface area contributed by atoms with Gasteiger partial charge in [0.15, 0.2) is 0 Å². The van der Waals surface area contributed by atoms with Crippen molar-refractivity contribution in [2.75, 3.05) is 0 Å². The Morgan fingerprint density at radius 3 is 2.63 bits per heavy atom. The van der Waals surface area contributed by atoms with Crippen LogP contribution in [0.2, 0.25) is 5.02 Å². The van der Waals surface area contributed by atoms with Gasteiger partial charge in [0.25, 0.3) is 0 Å². The minimum atomic E-state index is 0.713. The molecule has 0 amide bonds. The van der Waals surface area contributed by atoms with Gasteiger partial charge in [-0.2, -0.15) is 0 Å². The molecule has 0 unspecified atom stereocenters. The first-order valence-corrected chi connectivity index (χ1v) is 9.86. The van der Waals surface area contributed by atoms with Gasteiger partial charge in [-0.15, -0.1) is 11.3 Å². The number of benzene rings is 4. The number of halogens is 1. The highest BCUT2D eigenvalue weighted by Gasteiger charge is 2.14.